The van der Waals surface area contributed by atoms with E-state index >= 15 is 0 Å². The van der Waals surface area contributed by atoms with E-state index in [1.807, 2.05) is 6.92 Å². The van der Waals surface area contributed by atoms with Gasteiger partial charge in [-0.2, -0.15) is 0 Å². The van der Waals surface area contributed by atoms with Crippen LogP contribution in [0.4, 0.5) is 0 Å². The minimum absolute atomic E-state index is 0.0599. The highest BCUT2D eigenvalue weighted by molar-refractivity contribution is 7.07. The molecule has 1 aliphatic heterocycles. The second-order valence-corrected chi connectivity index (χ2v) is 8.68. The van der Waals surface area contributed by atoms with E-state index in [4.69, 9.17) is 14.2 Å². The first-order valence-corrected chi connectivity index (χ1v) is 12.0. The largest absolute Gasteiger partial charge is 0.507 e. The summed E-state index contributed by atoms with van der Waals surface area (Å²) in [7, 11) is 1.53. The summed E-state index contributed by atoms with van der Waals surface area (Å²) in [6.45, 7) is 5.83. The second kappa shape index (κ2) is 10.2. The molecule has 0 saturated heterocycles. The van der Waals surface area contributed by atoms with E-state index < -0.39 is 12.0 Å². The molecule has 2 aromatic carbocycles. The van der Waals surface area contributed by atoms with E-state index in [9.17, 15) is 14.7 Å². The van der Waals surface area contributed by atoms with Crippen LogP contribution < -0.4 is 24.4 Å². The molecule has 0 bridgehead atoms. The number of carbonyl (C=O) groups is 1. The van der Waals surface area contributed by atoms with Gasteiger partial charge in [0.05, 0.1) is 36.1 Å². The molecule has 1 aliphatic rings. The zero-order chi connectivity index (χ0) is 25.1. The molecule has 3 aromatic rings. The van der Waals surface area contributed by atoms with Crippen LogP contribution in [-0.2, 0) is 9.53 Å². The molecule has 0 amide bonds. The predicted molar refractivity (Wildman–Crippen MR) is 133 cm³/mol. The Labute approximate surface area is 206 Å². The SMILES string of the molecule is CCOC(=O)C1=C(C)N=c2s/c(=C/c3ccccc3O)c(=O)n2C1c1cccc(OC)c1OCC. The van der Waals surface area contributed by atoms with Crippen LogP contribution in [0.15, 0.2) is 63.5 Å². The van der Waals surface area contributed by atoms with Gasteiger partial charge in [-0.25, -0.2) is 9.79 Å². The molecule has 35 heavy (non-hydrogen) atoms. The van der Waals surface area contributed by atoms with Crippen LogP contribution in [0.2, 0.25) is 0 Å². The first kappa shape index (κ1) is 24.3. The Morgan fingerprint density at radius 1 is 1.17 bits per heavy atom. The number of esters is 1. The molecule has 2 heterocycles. The van der Waals surface area contributed by atoms with Gasteiger partial charge in [0, 0.05) is 11.1 Å². The van der Waals surface area contributed by atoms with E-state index in [1.165, 1.54) is 23.0 Å². The maximum absolute atomic E-state index is 13.7. The molecular formula is C26H26N2O6S. The number of nitrogens with zero attached hydrogens (tertiary/aromatic N) is 2. The molecule has 4 rings (SSSR count). The minimum Gasteiger partial charge on any atom is -0.507 e. The van der Waals surface area contributed by atoms with Crippen LogP contribution in [-0.4, -0.2) is 36.0 Å². The van der Waals surface area contributed by atoms with E-state index in [0.717, 1.165) is 0 Å². The van der Waals surface area contributed by atoms with E-state index in [2.05, 4.69) is 4.99 Å². The average Bonchev–Trinajstić information content (AvgIpc) is 3.14. The second-order valence-electron chi connectivity index (χ2n) is 7.67. The molecule has 1 unspecified atom stereocenters. The van der Waals surface area contributed by atoms with Gasteiger partial charge < -0.3 is 19.3 Å². The Hall–Kier alpha value is -3.85. The average molecular weight is 495 g/mol. The summed E-state index contributed by atoms with van der Waals surface area (Å²) in [5, 5.41) is 10.2. The molecule has 0 radical (unpaired) electrons. The maximum Gasteiger partial charge on any atom is 0.338 e. The molecular weight excluding hydrogens is 468 g/mol. The van der Waals surface area contributed by atoms with Crippen molar-refractivity contribution in [1.29, 1.82) is 0 Å². The summed E-state index contributed by atoms with van der Waals surface area (Å²) in [5.74, 6) is 0.427. The highest BCUT2D eigenvalue weighted by Gasteiger charge is 2.35. The lowest BCUT2D eigenvalue weighted by atomic mass is 9.94. The van der Waals surface area contributed by atoms with Crippen LogP contribution in [0.1, 0.15) is 37.9 Å². The first-order valence-electron chi connectivity index (χ1n) is 11.2. The van der Waals surface area contributed by atoms with Crippen molar-refractivity contribution < 1.29 is 24.1 Å². The molecule has 8 nitrogen and oxygen atoms in total. The highest BCUT2D eigenvalue weighted by atomic mass is 32.1. The van der Waals surface area contributed by atoms with Gasteiger partial charge in [-0.3, -0.25) is 9.36 Å². The van der Waals surface area contributed by atoms with E-state index in [1.54, 1.807) is 62.4 Å². The summed E-state index contributed by atoms with van der Waals surface area (Å²) >= 11 is 1.18. The number of fused-ring (bicyclic) bond motifs is 1. The smallest absolute Gasteiger partial charge is 0.338 e. The number of phenols is 1. The number of aromatic hydroxyl groups is 1. The standard InChI is InChI=1S/C26H26N2O6S/c1-5-33-23-17(11-9-13-19(23)32-4)22-21(25(31)34-6-2)15(3)27-26-28(22)24(30)20(35-26)14-16-10-7-8-12-18(16)29/h7-14,22,29H,5-6H2,1-4H3/b20-14+. The number of ether oxygens (including phenoxy) is 3. The fourth-order valence-corrected chi connectivity index (χ4v) is 5.08. The van der Waals surface area contributed by atoms with Gasteiger partial charge >= 0.3 is 5.97 Å². The number of methoxy groups -OCH3 is 1. The van der Waals surface area contributed by atoms with E-state index in [0.29, 0.717) is 44.3 Å². The number of thiazole rings is 1. The Kier molecular flexibility index (Phi) is 7.07. The van der Waals surface area contributed by atoms with Crippen molar-refractivity contribution >= 4 is 23.4 Å². The third-order valence-electron chi connectivity index (χ3n) is 5.55. The van der Waals surface area contributed by atoms with Crippen LogP contribution in [0.25, 0.3) is 6.08 Å². The summed E-state index contributed by atoms with van der Waals surface area (Å²) < 4.78 is 18.6. The fraction of sp³-hybridized carbons (Fsp3) is 0.269. The van der Waals surface area contributed by atoms with Crippen molar-refractivity contribution in [1.82, 2.24) is 4.57 Å². The number of hydrogen-bond donors (Lipinski definition) is 1. The van der Waals surface area contributed by atoms with Crippen LogP contribution in [0.3, 0.4) is 0 Å². The lowest BCUT2D eigenvalue weighted by Gasteiger charge is -2.26. The molecule has 0 saturated carbocycles. The van der Waals surface area contributed by atoms with Gasteiger partial charge in [0.25, 0.3) is 5.56 Å². The lowest BCUT2D eigenvalue weighted by molar-refractivity contribution is -0.139. The first-order chi connectivity index (χ1) is 16.9. The van der Waals surface area contributed by atoms with E-state index in [-0.39, 0.29) is 23.5 Å². The zero-order valence-corrected chi connectivity index (χ0v) is 20.7. The third kappa shape index (κ3) is 4.46. The summed E-state index contributed by atoms with van der Waals surface area (Å²) in [6, 6.07) is 11.3. The van der Waals surface area contributed by atoms with Crippen LogP contribution >= 0.6 is 11.3 Å². The zero-order valence-electron chi connectivity index (χ0n) is 19.9. The quantitative estimate of drug-likeness (QED) is 0.507. The summed E-state index contributed by atoms with van der Waals surface area (Å²) in [5.41, 5.74) is 1.45. The van der Waals surface area contributed by atoms with Crippen molar-refractivity contribution in [2.24, 2.45) is 4.99 Å². The summed E-state index contributed by atoms with van der Waals surface area (Å²) in [4.78, 5) is 31.8. The molecule has 1 aromatic heterocycles. The molecule has 1 N–H and O–H groups in total. The number of phenolic OH excluding ortho intramolecular Hbond substituents is 1. The van der Waals surface area contributed by atoms with Crippen LogP contribution in [0.5, 0.6) is 17.2 Å². The van der Waals surface area contributed by atoms with Gasteiger partial charge in [0.15, 0.2) is 16.3 Å². The number of rotatable bonds is 7. The van der Waals surface area contributed by atoms with Crippen LogP contribution in [0, 0.1) is 0 Å². The topological polar surface area (TPSA) is 99.4 Å². The van der Waals surface area contributed by atoms with Gasteiger partial charge in [-0.05, 0) is 39.0 Å². The molecule has 0 spiro atoms. The minimum atomic E-state index is -0.839. The maximum atomic E-state index is 13.7. The monoisotopic (exact) mass is 494 g/mol. The Morgan fingerprint density at radius 3 is 2.63 bits per heavy atom. The molecule has 9 heteroatoms. The van der Waals surface area contributed by atoms with Crippen molar-refractivity contribution in [3.63, 3.8) is 0 Å². The lowest BCUT2D eigenvalue weighted by Crippen LogP contribution is -2.40. The number of benzene rings is 2. The number of hydrogen-bond acceptors (Lipinski definition) is 8. The van der Waals surface area contributed by atoms with Gasteiger partial charge in [-0.1, -0.05) is 41.7 Å². The van der Waals surface area contributed by atoms with Gasteiger partial charge in [0.1, 0.15) is 11.8 Å². The Balaban J connectivity index is 2.04. The molecule has 182 valence electrons. The summed E-state index contributed by atoms with van der Waals surface area (Å²) in [6.07, 6.45) is 1.62. The number of allylic oxidation sites excluding steroid dienone is 1. The molecule has 1 atom stereocenters. The van der Waals surface area contributed by atoms with Crippen molar-refractivity contribution in [3.8, 4) is 17.2 Å². The number of para-hydroxylation sites is 2. The van der Waals surface area contributed by atoms with Crippen molar-refractivity contribution in [2.45, 2.75) is 26.8 Å². The molecule has 0 aliphatic carbocycles. The number of aromatic nitrogens is 1. The molecule has 0 fully saturated rings. The Morgan fingerprint density at radius 2 is 1.94 bits per heavy atom. The Bertz CT molecular complexity index is 1480. The van der Waals surface area contributed by atoms with Gasteiger partial charge in [-0.15, -0.1) is 0 Å². The fourth-order valence-electron chi connectivity index (χ4n) is 4.04. The number of carbonyl (C=O) groups excluding carboxylic acids is 1. The normalized spacial score (nSPS) is 15.4. The van der Waals surface area contributed by atoms with Gasteiger partial charge in [0.2, 0.25) is 0 Å². The highest BCUT2D eigenvalue weighted by Crippen LogP contribution is 2.40. The van der Waals surface area contributed by atoms with Crippen molar-refractivity contribution in [2.75, 3.05) is 20.3 Å². The van der Waals surface area contributed by atoms with Crippen molar-refractivity contribution in [3.05, 3.63) is 84.5 Å². The predicted octanol–water partition coefficient (Wildman–Crippen LogP) is 2.91. The third-order valence-corrected chi connectivity index (χ3v) is 6.54.